The number of benzene rings is 2. The first-order valence-corrected chi connectivity index (χ1v) is 10.6. The molecule has 1 N–H and O–H groups in total. The molecule has 1 unspecified atom stereocenters. The molecule has 1 atom stereocenters. The van der Waals surface area contributed by atoms with E-state index in [4.69, 9.17) is 4.74 Å². The quantitative estimate of drug-likeness (QED) is 0.776. The van der Waals surface area contributed by atoms with Crippen molar-refractivity contribution in [3.05, 3.63) is 70.8 Å². The Morgan fingerprint density at radius 2 is 1.80 bits per heavy atom. The highest BCUT2D eigenvalue weighted by Crippen LogP contribution is 2.41. The number of nitrogens with zero attached hydrogens (tertiary/aromatic N) is 1. The van der Waals surface area contributed by atoms with E-state index in [1.807, 2.05) is 30.3 Å². The number of imide groups is 1. The minimum absolute atomic E-state index is 0.0978. The molecule has 3 amide bonds. The lowest BCUT2D eigenvalue weighted by atomic mass is 9.71. The number of carbonyl (C=O) groups excluding carboxylic acids is 3. The standard InChI is InChI=1S/C24H24N2O4/c27-21(25-24(11-5-12-24)17-6-2-1-3-7-17)16-9-10-19-20(14-16)23(29)26(22(19)28)15-18-8-4-13-30-18/h1-3,6-7,9-10,14,18H,4-5,8,11-13,15H2,(H,25,27). The summed E-state index contributed by atoms with van der Waals surface area (Å²) in [5.41, 5.74) is 1.79. The van der Waals surface area contributed by atoms with Gasteiger partial charge in [0.25, 0.3) is 17.7 Å². The average Bonchev–Trinajstić information content (AvgIpc) is 3.34. The molecule has 3 aliphatic rings. The summed E-state index contributed by atoms with van der Waals surface area (Å²) < 4.78 is 5.58. The lowest BCUT2D eigenvalue weighted by molar-refractivity contribution is 0.0475. The maximum Gasteiger partial charge on any atom is 0.261 e. The van der Waals surface area contributed by atoms with Crippen LogP contribution >= 0.6 is 0 Å². The van der Waals surface area contributed by atoms with E-state index in [2.05, 4.69) is 5.32 Å². The van der Waals surface area contributed by atoms with Crippen LogP contribution in [0.3, 0.4) is 0 Å². The second kappa shape index (κ2) is 7.36. The Morgan fingerprint density at radius 1 is 1.03 bits per heavy atom. The highest BCUT2D eigenvalue weighted by molar-refractivity contribution is 6.22. The first-order valence-electron chi connectivity index (χ1n) is 10.6. The molecule has 0 spiro atoms. The molecule has 2 fully saturated rings. The summed E-state index contributed by atoms with van der Waals surface area (Å²) in [5, 5.41) is 3.18. The maximum absolute atomic E-state index is 13.0. The lowest BCUT2D eigenvalue weighted by Crippen LogP contribution is -2.50. The van der Waals surface area contributed by atoms with Gasteiger partial charge in [0, 0.05) is 12.2 Å². The van der Waals surface area contributed by atoms with Crippen molar-refractivity contribution in [2.45, 2.75) is 43.7 Å². The van der Waals surface area contributed by atoms with E-state index in [0.717, 1.165) is 37.7 Å². The van der Waals surface area contributed by atoms with Crippen LogP contribution in [0.15, 0.2) is 48.5 Å². The van der Waals surface area contributed by atoms with E-state index in [0.29, 0.717) is 23.3 Å². The summed E-state index contributed by atoms with van der Waals surface area (Å²) >= 11 is 0. The van der Waals surface area contributed by atoms with Crippen LogP contribution in [0.25, 0.3) is 0 Å². The van der Waals surface area contributed by atoms with Crippen LogP contribution in [-0.2, 0) is 10.3 Å². The van der Waals surface area contributed by atoms with Gasteiger partial charge in [-0.1, -0.05) is 30.3 Å². The molecule has 6 nitrogen and oxygen atoms in total. The Bertz CT molecular complexity index is 1010. The normalized spacial score (nSPS) is 22.0. The van der Waals surface area contributed by atoms with Crippen molar-refractivity contribution in [1.82, 2.24) is 10.2 Å². The Morgan fingerprint density at radius 3 is 2.47 bits per heavy atom. The highest BCUT2D eigenvalue weighted by Gasteiger charge is 2.41. The minimum Gasteiger partial charge on any atom is -0.376 e. The number of nitrogens with one attached hydrogen (secondary N) is 1. The van der Waals surface area contributed by atoms with Gasteiger partial charge in [0.2, 0.25) is 0 Å². The molecule has 2 aromatic rings. The second-order valence-electron chi connectivity index (χ2n) is 8.37. The van der Waals surface area contributed by atoms with Crippen molar-refractivity contribution < 1.29 is 19.1 Å². The first kappa shape index (κ1) is 19.0. The largest absolute Gasteiger partial charge is 0.376 e. The number of ether oxygens (including phenoxy) is 1. The van der Waals surface area contributed by atoms with Crippen molar-refractivity contribution >= 4 is 17.7 Å². The van der Waals surface area contributed by atoms with E-state index in [9.17, 15) is 14.4 Å². The van der Waals surface area contributed by atoms with Crippen LogP contribution in [0, 0.1) is 0 Å². The van der Waals surface area contributed by atoms with Crippen LogP contribution in [0.4, 0.5) is 0 Å². The minimum atomic E-state index is -0.358. The van der Waals surface area contributed by atoms with E-state index >= 15 is 0 Å². The molecule has 154 valence electrons. The van der Waals surface area contributed by atoms with Crippen LogP contribution in [0.2, 0.25) is 0 Å². The number of hydrogen-bond donors (Lipinski definition) is 1. The van der Waals surface area contributed by atoms with Gasteiger partial charge in [-0.2, -0.15) is 0 Å². The first-order chi connectivity index (χ1) is 14.6. The van der Waals surface area contributed by atoms with Crippen LogP contribution in [0.1, 0.15) is 68.7 Å². The Kier molecular flexibility index (Phi) is 4.66. The summed E-state index contributed by atoms with van der Waals surface area (Å²) in [6.45, 7) is 0.937. The predicted octanol–water partition coefficient (Wildman–Crippen LogP) is 3.27. The van der Waals surface area contributed by atoms with Crippen molar-refractivity contribution in [3.63, 3.8) is 0 Å². The third kappa shape index (κ3) is 3.12. The number of hydrogen-bond acceptors (Lipinski definition) is 4. The Balaban J connectivity index is 1.36. The van der Waals surface area contributed by atoms with Gasteiger partial charge in [-0.3, -0.25) is 19.3 Å². The van der Waals surface area contributed by atoms with Gasteiger partial charge in [0.1, 0.15) is 0 Å². The van der Waals surface area contributed by atoms with Crippen LogP contribution in [0.5, 0.6) is 0 Å². The topological polar surface area (TPSA) is 75.7 Å². The average molecular weight is 404 g/mol. The van der Waals surface area contributed by atoms with Gasteiger partial charge in [-0.15, -0.1) is 0 Å². The summed E-state index contributed by atoms with van der Waals surface area (Å²) in [6, 6.07) is 14.8. The van der Waals surface area contributed by atoms with Gasteiger partial charge in [-0.05, 0) is 55.9 Å². The van der Waals surface area contributed by atoms with E-state index in [1.165, 1.54) is 4.90 Å². The zero-order valence-electron chi connectivity index (χ0n) is 16.7. The molecule has 2 heterocycles. The third-order valence-corrected chi connectivity index (χ3v) is 6.53. The van der Waals surface area contributed by atoms with Gasteiger partial charge in [0.15, 0.2) is 0 Å². The summed E-state index contributed by atoms with van der Waals surface area (Å²) in [6.07, 6.45) is 4.54. The molecule has 6 heteroatoms. The smallest absolute Gasteiger partial charge is 0.261 e. The van der Waals surface area contributed by atoms with Gasteiger partial charge in [-0.25, -0.2) is 0 Å². The van der Waals surface area contributed by atoms with Gasteiger partial charge in [0.05, 0.1) is 29.3 Å². The lowest BCUT2D eigenvalue weighted by Gasteiger charge is -2.43. The fourth-order valence-corrected chi connectivity index (χ4v) is 4.65. The number of amides is 3. The van der Waals surface area contributed by atoms with Gasteiger partial charge < -0.3 is 10.1 Å². The number of fused-ring (bicyclic) bond motifs is 1. The summed E-state index contributed by atoms with van der Waals surface area (Å²) in [7, 11) is 0. The molecular weight excluding hydrogens is 380 g/mol. The molecule has 2 aliphatic heterocycles. The number of carbonyl (C=O) groups is 3. The summed E-state index contributed by atoms with van der Waals surface area (Å²) in [4.78, 5) is 39.8. The Hall–Kier alpha value is -2.99. The molecule has 1 saturated heterocycles. The van der Waals surface area contributed by atoms with E-state index < -0.39 is 0 Å². The zero-order chi connectivity index (χ0) is 20.7. The third-order valence-electron chi connectivity index (χ3n) is 6.53. The predicted molar refractivity (Wildman–Crippen MR) is 110 cm³/mol. The SMILES string of the molecule is O=C(NC1(c2ccccc2)CCC1)c1ccc2c(c1)C(=O)N(CC1CCCO1)C2=O. The fraction of sp³-hybridized carbons (Fsp3) is 0.375. The zero-order valence-corrected chi connectivity index (χ0v) is 16.7. The fourth-order valence-electron chi connectivity index (χ4n) is 4.65. The molecule has 5 rings (SSSR count). The molecule has 30 heavy (non-hydrogen) atoms. The molecule has 0 radical (unpaired) electrons. The molecule has 0 bridgehead atoms. The Labute approximate surface area is 175 Å². The number of rotatable bonds is 5. The van der Waals surface area contributed by atoms with Crippen molar-refractivity contribution in [2.24, 2.45) is 0 Å². The van der Waals surface area contributed by atoms with E-state index in [-0.39, 0.29) is 35.9 Å². The highest BCUT2D eigenvalue weighted by atomic mass is 16.5. The molecule has 1 saturated carbocycles. The van der Waals surface area contributed by atoms with Crippen molar-refractivity contribution in [3.8, 4) is 0 Å². The van der Waals surface area contributed by atoms with Crippen molar-refractivity contribution in [2.75, 3.05) is 13.2 Å². The summed E-state index contributed by atoms with van der Waals surface area (Å²) in [5.74, 6) is -0.877. The monoisotopic (exact) mass is 404 g/mol. The van der Waals surface area contributed by atoms with Crippen LogP contribution < -0.4 is 5.32 Å². The van der Waals surface area contributed by atoms with Gasteiger partial charge >= 0.3 is 0 Å². The van der Waals surface area contributed by atoms with E-state index in [1.54, 1.807) is 18.2 Å². The molecule has 0 aromatic heterocycles. The molecule has 1 aliphatic carbocycles. The molecular formula is C24H24N2O4. The second-order valence-corrected chi connectivity index (χ2v) is 8.37. The van der Waals surface area contributed by atoms with Crippen molar-refractivity contribution in [1.29, 1.82) is 0 Å². The molecule has 2 aromatic carbocycles. The van der Waals surface area contributed by atoms with Crippen LogP contribution in [-0.4, -0.2) is 41.9 Å². The maximum atomic E-state index is 13.0.